The molecule has 1 aliphatic heterocycles. The molecule has 2 nitrogen and oxygen atoms in total. The lowest BCUT2D eigenvalue weighted by Crippen LogP contribution is -2.30. The van der Waals surface area contributed by atoms with Crippen LogP contribution in [0.25, 0.3) is 0 Å². The van der Waals surface area contributed by atoms with Crippen LogP contribution < -0.4 is 5.32 Å². The summed E-state index contributed by atoms with van der Waals surface area (Å²) in [6.45, 7) is 5.27. The monoisotopic (exact) mass is 352 g/mol. The van der Waals surface area contributed by atoms with Gasteiger partial charge in [-0.25, -0.2) is 0 Å². The third-order valence-corrected chi connectivity index (χ3v) is 6.29. The Morgan fingerprint density at radius 2 is 2.00 bits per heavy atom. The van der Waals surface area contributed by atoms with Crippen LogP contribution in [0.5, 0.6) is 0 Å². The number of anilines is 1. The number of nitrogens with zero attached hydrogens (tertiary/aromatic N) is 1. The maximum atomic E-state index is 4.81. The Balaban J connectivity index is 1.75. The van der Waals surface area contributed by atoms with Gasteiger partial charge in [0.15, 0.2) is 5.17 Å². The molecule has 0 bridgehead atoms. The summed E-state index contributed by atoms with van der Waals surface area (Å²) in [7, 11) is 0. The van der Waals surface area contributed by atoms with Crippen molar-refractivity contribution < 1.29 is 0 Å². The molecule has 0 atom stereocenters. The topological polar surface area (TPSA) is 24.4 Å². The Hall–Kier alpha value is -0.480. The molecule has 1 aromatic rings. The normalized spacial score (nSPS) is 21.1. The highest BCUT2D eigenvalue weighted by Gasteiger charge is 2.36. The Bertz CT molecular complexity index is 524. The number of rotatable bonds is 1. The van der Waals surface area contributed by atoms with E-state index >= 15 is 0 Å². The molecule has 0 saturated heterocycles. The van der Waals surface area contributed by atoms with E-state index in [9.17, 15) is 0 Å². The highest BCUT2D eigenvalue weighted by molar-refractivity contribution is 9.10. The van der Waals surface area contributed by atoms with Crippen LogP contribution in [-0.4, -0.2) is 17.5 Å². The first-order valence-electron chi connectivity index (χ1n) is 7.29. The Labute approximate surface area is 134 Å². The Morgan fingerprint density at radius 1 is 1.25 bits per heavy atom. The molecule has 1 heterocycles. The van der Waals surface area contributed by atoms with Crippen LogP contribution in [0.4, 0.5) is 5.69 Å². The molecule has 1 N–H and O–H groups in total. The van der Waals surface area contributed by atoms with Crippen molar-refractivity contribution in [1.29, 1.82) is 0 Å². The number of nitrogens with one attached hydrogen (secondary N) is 1. The quantitative estimate of drug-likeness (QED) is 0.756. The summed E-state index contributed by atoms with van der Waals surface area (Å²) in [6, 6.07) is 4.36. The number of thioether (sulfide) groups is 1. The summed E-state index contributed by atoms with van der Waals surface area (Å²) in [6.07, 6.45) is 5.51. The van der Waals surface area contributed by atoms with Gasteiger partial charge in [-0.05, 0) is 65.2 Å². The summed E-state index contributed by atoms with van der Waals surface area (Å²) in [4.78, 5) is 4.81. The first-order chi connectivity index (χ1) is 9.58. The van der Waals surface area contributed by atoms with E-state index in [2.05, 4.69) is 47.2 Å². The van der Waals surface area contributed by atoms with Crippen molar-refractivity contribution in [2.75, 3.05) is 17.6 Å². The molecule has 1 aliphatic carbocycles. The van der Waals surface area contributed by atoms with Gasteiger partial charge in [0.05, 0.1) is 5.69 Å². The summed E-state index contributed by atoms with van der Waals surface area (Å²) >= 11 is 5.55. The molecule has 1 spiro atoms. The third-order valence-electron chi connectivity index (χ3n) is 4.40. The predicted molar refractivity (Wildman–Crippen MR) is 92.9 cm³/mol. The predicted octanol–water partition coefficient (Wildman–Crippen LogP) is 5.14. The highest BCUT2D eigenvalue weighted by Crippen LogP contribution is 2.43. The highest BCUT2D eigenvalue weighted by atomic mass is 79.9. The number of aryl methyl sites for hydroxylation is 2. The first-order valence-corrected chi connectivity index (χ1v) is 9.07. The van der Waals surface area contributed by atoms with Crippen molar-refractivity contribution in [3.05, 3.63) is 27.7 Å². The van der Waals surface area contributed by atoms with Crippen molar-refractivity contribution >= 4 is 38.5 Å². The van der Waals surface area contributed by atoms with Gasteiger partial charge < -0.3 is 5.32 Å². The summed E-state index contributed by atoms with van der Waals surface area (Å²) in [5.74, 6) is 1.22. The van der Waals surface area contributed by atoms with Crippen LogP contribution in [0, 0.1) is 19.3 Å². The van der Waals surface area contributed by atoms with Crippen molar-refractivity contribution in [1.82, 2.24) is 0 Å². The van der Waals surface area contributed by atoms with Gasteiger partial charge in [-0.15, -0.1) is 0 Å². The molecular formula is C16H21BrN2S. The minimum absolute atomic E-state index is 0.509. The average Bonchev–Trinajstić information content (AvgIpc) is 2.85. The van der Waals surface area contributed by atoms with Gasteiger partial charge in [-0.3, -0.25) is 4.99 Å². The summed E-state index contributed by atoms with van der Waals surface area (Å²) in [5, 5.41) is 4.60. The maximum Gasteiger partial charge on any atom is 0.161 e. The SMILES string of the molecule is Cc1cc(C)c(NC2=NCC3(CCCC3)CS2)c(Br)c1. The lowest BCUT2D eigenvalue weighted by atomic mass is 9.89. The van der Waals surface area contributed by atoms with Gasteiger partial charge in [0.25, 0.3) is 0 Å². The molecule has 1 aromatic carbocycles. The summed E-state index contributed by atoms with van der Waals surface area (Å²) < 4.78 is 1.12. The van der Waals surface area contributed by atoms with Crippen LogP contribution in [0.3, 0.4) is 0 Å². The van der Waals surface area contributed by atoms with Crippen LogP contribution in [-0.2, 0) is 0 Å². The number of halogens is 1. The maximum absolute atomic E-state index is 4.81. The van der Waals surface area contributed by atoms with Crippen molar-refractivity contribution in [3.63, 3.8) is 0 Å². The fourth-order valence-corrected chi connectivity index (χ4v) is 5.16. The van der Waals surface area contributed by atoms with Crippen molar-refractivity contribution in [2.45, 2.75) is 39.5 Å². The zero-order valence-electron chi connectivity index (χ0n) is 12.1. The minimum atomic E-state index is 0.509. The van der Waals surface area contributed by atoms with Gasteiger partial charge in [-0.2, -0.15) is 0 Å². The van der Waals surface area contributed by atoms with Crippen LogP contribution in [0.1, 0.15) is 36.8 Å². The molecule has 0 amide bonds. The molecule has 108 valence electrons. The van der Waals surface area contributed by atoms with Crippen molar-refractivity contribution in [2.24, 2.45) is 10.4 Å². The van der Waals surface area contributed by atoms with E-state index in [1.807, 2.05) is 11.8 Å². The van der Waals surface area contributed by atoms with Gasteiger partial charge in [0.1, 0.15) is 0 Å². The van der Waals surface area contributed by atoms with Crippen LogP contribution in [0.2, 0.25) is 0 Å². The molecule has 0 aromatic heterocycles. The second kappa shape index (κ2) is 5.72. The van der Waals surface area contributed by atoms with Crippen LogP contribution in [0.15, 0.2) is 21.6 Å². The Morgan fingerprint density at radius 3 is 2.60 bits per heavy atom. The van der Waals surface area contributed by atoms with E-state index < -0.39 is 0 Å². The molecule has 1 saturated carbocycles. The van der Waals surface area contributed by atoms with E-state index in [0.29, 0.717) is 5.41 Å². The van der Waals surface area contributed by atoms with Crippen molar-refractivity contribution in [3.8, 4) is 0 Å². The second-order valence-corrected chi connectivity index (χ2v) is 8.00. The van der Waals surface area contributed by atoms with Gasteiger partial charge >= 0.3 is 0 Å². The zero-order chi connectivity index (χ0) is 14.2. The molecule has 0 unspecified atom stereocenters. The zero-order valence-corrected chi connectivity index (χ0v) is 14.5. The number of aliphatic imine (C=N–C) groups is 1. The van der Waals surface area contributed by atoms with Gasteiger partial charge in [-0.1, -0.05) is 30.7 Å². The smallest absolute Gasteiger partial charge is 0.161 e. The number of amidine groups is 1. The molecule has 0 radical (unpaired) electrons. The number of hydrogen-bond donors (Lipinski definition) is 1. The van der Waals surface area contributed by atoms with E-state index in [1.165, 1.54) is 42.6 Å². The van der Waals surface area contributed by atoms with E-state index in [-0.39, 0.29) is 0 Å². The average molecular weight is 353 g/mol. The molecule has 3 rings (SSSR count). The van der Waals surface area contributed by atoms with E-state index in [0.717, 1.165) is 21.9 Å². The minimum Gasteiger partial charge on any atom is -0.334 e. The van der Waals surface area contributed by atoms with E-state index in [4.69, 9.17) is 4.99 Å². The standard InChI is InChI=1S/C16H21BrN2S/c1-11-7-12(2)14(13(17)8-11)19-15-18-9-16(10-20-15)5-3-4-6-16/h7-8H,3-6,9-10H2,1-2H3,(H,18,19). The largest absolute Gasteiger partial charge is 0.334 e. The molecular weight excluding hydrogens is 332 g/mol. The molecule has 2 aliphatic rings. The molecule has 20 heavy (non-hydrogen) atoms. The fourth-order valence-electron chi connectivity index (χ4n) is 3.24. The third kappa shape index (κ3) is 2.91. The summed E-state index contributed by atoms with van der Waals surface area (Å²) in [5.41, 5.74) is 4.21. The number of benzene rings is 1. The molecule has 4 heteroatoms. The fraction of sp³-hybridized carbons (Fsp3) is 0.562. The molecule has 1 fully saturated rings. The van der Waals surface area contributed by atoms with Crippen LogP contribution >= 0.6 is 27.7 Å². The Kier molecular flexibility index (Phi) is 4.14. The first kappa shape index (κ1) is 14.5. The van der Waals surface area contributed by atoms with E-state index in [1.54, 1.807) is 0 Å². The van der Waals surface area contributed by atoms with Gasteiger partial charge in [0, 0.05) is 16.8 Å². The number of hydrogen-bond acceptors (Lipinski definition) is 3. The van der Waals surface area contributed by atoms with Gasteiger partial charge in [0.2, 0.25) is 0 Å². The lowest BCUT2D eigenvalue weighted by Gasteiger charge is -2.31. The lowest BCUT2D eigenvalue weighted by molar-refractivity contribution is 0.359. The second-order valence-electron chi connectivity index (χ2n) is 6.18.